The van der Waals surface area contributed by atoms with Crippen molar-refractivity contribution >= 4 is 18.0 Å². The Morgan fingerprint density at radius 3 is 2.53 bits per heavy atom. The first-order valence-corrected chi connectivity index (χ1v) is 5.34. The molecular weight excluding hydrogens is 228 g/mol. The quantitative estimate of drug-likeness (QED) is 0.477. The summed E-state index contributed by atoms with van der Waals surface area (Å²) in [5.74, 6) is -0.735. The van der Waals surface area contributed by atoms with Gasteiger partial charge in [0.1, 0.15) is 0 Å². The summed E-state index contributed by atoms with van der Waals surface area (Å²) in [5, 5.41) is 4.78. The number of carbonyl (C=O) groups excluding carboxylic acids is 3. The number of rotatable bonds is 7. The van der Waals surface area contributed by atoms with Gasteiger partial charge >= 0.3 is 12.1 Å². The van der Waals surface area contributed by atoms with Crippen LogP contribution < -0.4 is 10.6 Å². The summed E-state index contributed by atoms with van der Waals surface area (Å²) in [6, 6.07) is 0. The van der Waals surface area contributed by atoms with Crippen molar-refractivity contribution in [2.24, 2.45) is 0 Å². The Balaban J connectivity index is 3.42. The van der Waals surface area contributed by atoms with Crippen LogP contribution in [0.4, 0.5) is 4.79 Å². The monoisotopic (exact) mass is 246 g/mol. The Morgan fingerprint density at radius 2 is 1.94 bits per heavy atom. The van der Waals surface area contributed by atoms with E-state index in [4.69, 9.17) is 4.74 Å². The number of hydrogen-bond acceptors (Lipinski definition) is 6. The molecule has 98 valence electrons. The number of alkyl carbamates (subject to hydrolysis) is 1. The lowest BCUT2D eigenvalue weighted by atomic mass is 10.3. The van der Waals surface area contributed by atoms with Gasteiger partial charge in [0.15, 0.2) is 0 Å². The number of esters is 1. The second-order valence-electron chi connectivity index (χ2n) is 3.13. The van der Waals surface area contributed by atoms with Gasteiger partial charge in [0.25, 0.3) is 0 Å². The molecule has 0 fully saturated rings. The van der Waals surface area contributed by atoms with Crippen LogP contribution in [-0.4, -0.2) is 44.8 Å². The number of carbonyl (C=O) groups is 3. The molecule has 0 saturated carbocycles. The van der Waals surface area contributed by atoms with E-state index in [1.807, 2.05) is 5.32 Å². The van der Waals surface area contributed by atoms with Crippen LogP contribution in [0.1, 0.15) is 19.8 Å². The highest BCUT2D eigenvalue weighted by Gasteiger charge is 2.06. The molecule has 2 amide bonds. The molecule has 0 aromatic rings. The van der Waals surface area contributed by atoms with Crippen LogP contribution in [0.25, 0.3) is 0 Å². The van der Waals surface area contributed by atoms with Gasteiger partial charge in [-0.1, -0.05) is 0 Å². The number of hydrogen-bond donors (Lipinski definition) is 2. The van der Waals surface area contributed by atoms with Crippen LogP contribution in [0.3, 0.4) is 0 Å². The van der Waals surface area contributed by atoms with Gasteiger partial charge in [0.05, 0.1) is 20.3 Å². The van der Waals surface area contributed by atoms with E-state index in [1.165, 1.54) is 7.11 Å². The number of amides is 2. The highest BCUT2D eigenvalue weighted by Crippen LogP contribution is 1.90. The standard InChI is InChI=1S/C10H18N2O5/c1-3-17-9(14)5-4-6-11-7-8(13)12-10(15)16-2/h11H,3-7H2,1-2H3,(H,12,13,15). The molecule has 0 aromatic heterocycles. The minimum absolute atomic E-state index is 0.00206. The van der Waals surface area contributed by atoms with E-state index >= 15 is 0 Å². The second kappa shape index (κ2) is 9.59. The third kappa shape index (κ3) is 9.31. The van der Waals surface area contributed by atoms with Crippen molar-refractivity contribution < 1.29 is 23.9 Å². The SMILES string of the molecule is CCOC(=O)CCCNCC(=O)NC(=O)OC. The van der Waals surface area contributed by atoms with Gasteiger partial charge in [-0.2, -0.15) is 0 Å². The van der Waals surface area contributed by atoms with E-state index in [-0.39, 0.29) is 12.5 Å². The van der Waals surface area contributed by atoms with Crippen LogP contribution in [-0.2, 0) is 19.1 Å². The topological polar surface area (TPSA) is 93.7 Å². The molecule has 7 heteroatoms. The average molecular weight is 246 g/mol. The minimum atomic E-state index is -0.789. The van der Waals surface area contributed by atoms with Crippen molar-refractivity contribution in [2.75, 3.05) is 26.8 Å². The molecule has 17 heavy (non-hydrogen) atoms. The van der Waals surface area contributed by atoms with Crippen molar-refractivity contribution in [3.8, 4) is 0 Å². The van der Waals surface area contributed by atoms with Crippen LogP contribution in [0.2, 0.25) is 0 Å². The Kier molecular flexibility index (Phi) is 8.67. The molecule has 0 aliphatic rings. The highest BCUT2D eigenvalue weighted by atomic mass is 16.5. The molecule has 0 unspecified atom stereocenters. The molecule has 0 aromatic carbocycles. The second-order valence-corrected chi connectivity index (χ2v) is 3.13. The predicted octanol–water partition coefficient (Wildman–Crippen LogP) is -0.198. The van der Waals surface area contributed by atoms with Gasteiger partial charge in [-0.25, -0.2) is 4.79 Å². The number of nitrogens with one attached hydrogen (secondary N) is 2. The Morgan fingerprint density at radius 1 is 1.24 bits per heavy atom. The number of imide groups is 1. The molecule has 0 radical (unpaired) electrons. The van der Waals surface area contributed by atoms with E-state index in [1.54, 1.807) is 6.92 Å². The summed E-state index contributed by atoms with van der Waals surface area (Å²) in [6.07, 6.45) is 0.0902. The zero-order valence-corrected chi connectivity index (χ0v) is 10.1. The van der Waals surface area contributed by atoms with E-state index in [0.29, 0.717) is 26.0 Å². The third-order valence-corrected chi connectivity index (χ3v) is 1.75. The van der Waals surface area contributed by atoms with Crippen molar-refractivity contribution in [2.45, 2.75) is 19.8 Å². The Labute approximate surface area is 99.8 Å². The van der Waals surface area contributed by atoms with E-state index in [2.05, 4.69) is 10.1 Å². The molecule has 0 rings (SSSR count). The fraction of sp³-hybridized carbons (Fsp3) is 0.700. The molecule has 0 saturated heterocycles. The van der Waals surface area contributed by atoms with Crippen LogP contribution >= 0.6 is 0 Å². The van der Waals surface area contributed by atoms with Crippen molar-refractivity contribution in [1.29, 1.82) is 0 Å². The van der Waals surface area contributed by atoms with E-state index < -0.39 is 12.0 Å². The molecule has 0 heterocycles. The maximum absolute atomic E-state index is 11.0. The van der Waals surface area contributed by atoms with Crippen molar-refractivity contribution in [3.63, 3.8) is 0 Å². The molecule has 0 aliphatic heterocycles. The third-order valence-electron chi connectivity index (χ3n) is 1.75. The average Bonchev–Trinajstić information content (AvgIpc) is 2.28. The predicted molar refractivity (Wildman–Crippen MR) is 59.3 cm³/mol. The maximum atomic E-state index is 11.0. The molecule has 0 aliphatic carbocycles. The van der Waals surface area contributed by atoms with Crippen LogP contribution in [0.5, 0.6) is 0 Å². The summed E-state index contributed by atoms with van der Waals surface area (Å²) < 4.78 is 8.98. The molecular formula is C10H18N2O5. The van der Waals surface area contributed by atoms with Gasteiger partial charge < -0.3 is 14.8 Å². The smallest absolute Gasteiger partial charge is 0.413 e. The fourth-order valence-corrected chi connectivity index (χ4v) is 1.00. The zero-order valence-electron chi connectivity index (χ0n) is 10.1. The summed E-state index contributed by atoms with van der Waals surface area (Å²) in [5.41, 5.74) is 0. The zero-order chi connectivity index (χ0) is 13.1. The summed E-state index contributed by atoms with van der Waals surface area (Å²) in [7, 11) is 1.18. The van der Waals surface area contributed by atoms with Gasteiger partial charge in [-0.3, -0.25) is 14.9 Å². The fourth-order valence-electron chi connectivity index (χ4n) is 1.00. The maximum Gasteiger partial charge on any atom is 0.413 e. The largest absolute Gasteiger partial charge is 0.466 e. The number of ether oxygens (including phenoxy) is 2. The first kappa shape index (κ1) is 15.4. The van der Waals surface area contributed by atoms with E-state index in [0.717, 1.165) is 0 Å². The van der Waals surface area contributed by atoms with Crippen molar-refractivity contribution in [1.82, 2.24) is 10.6 Å². The van der Waals surface area contributed by atoms with Crippen molar-refractivity contribution in [3.05, 3.63) is 0 Å². The van der Waals surface area contributed by atoms with E-state index in [9.17, 15) is 14.4 Å². The molecule has 0 spiro atoms. The molecule has 2 N–H and O–H groups in total. The van der Waals surface area contributed by atoms with Gasteiger partial charge in [0.2, 0.25) is 5.91 Å². The lowest BCUT2D eigenvalue weighted by Gasteiger charge is -2.04. The first-order chi connectivity index (χ1) is 8.10. The first-order valence-electron chi connectivity index (χ1n) is 5.34. The van der Waals surface area contributed by atoms with Gasteiger partial charge in [0, 0.05) is 6.42 Å². The summed E-state index contributed by atoms with van der Waals surface area (Å²) in [6.45, 7) is 2.60. The minimum Gasteiger partial charge on any atom is -0.466 e. The number of methoxy groups -OCH3 is 1. The molecule has 0 bridgehead atoms. The molecule has 7 nitrogen and oxygen atoms in total. The highest BCUT2D eigenvalue weighted by molar-refractivity contribution is 5.92. The van der Waals surface area contributed by atoms with Crippen LogP contribution in [0, 0.1) is 0 Å². The lowest BCUT2D eigenvalue weighted by Crippen LogP contribution is -2.37. The summed E-state index contributed by atoms with van der Waals surface area (Å²) in [4.78, 5) is 32.6. The Bertz CT molecular complexity index is 267. The molecule has 0 atom stereocenters. The van der Waals surface area contributed by atoms with Gasteiger partial charge in [-0.15, -0.1) is 0 Å². The Hall–Kier alpha value is -1.63. The lowest BCUT2D eigenvalue weighted by molar-refractivity contribution is -0.143. The normalized spacial score (nSPS) is 9.53. The van der Waals surface area contributed by atoms with Crippen LogP contribution in [0.15, 0.2) is 0 Å². The van der Waals surface area contributed by atoms with Gasteiger partial charge in [-0.05, 0) is 19.9 Å². The summed E-state index contributed by atoms with van der Waals surface area (Å²) >= 11 is 0.